The molecule has 98 valence electrons. The molecule has 0 spiro atoms. The van der Waals surface area contributed by atoms with Gasteiger partial charge in [-0.3, -0.25) is 4.79 Å². The third-order valence-corrected chi connectivity index (χ3v) is 3.83. The molecule has 1 aromatic rings. The highest BCUT2D eigenvalue weighted by Crippen LogP contribution is 2.25. The highest BCUT2D eigenvalue weighted by molar-refractivity contribution is 6.31. The number of hydrogen-bond donors (Lipinski definition) is 1. The van der Waals surface area contributed by atoms with Crippen molar-refractivity contribution >= 4 is 17.5 Å². The molecular formula is C14H19ClN2O. The third kappa shape index (κ3) is 2.85. The average Bonchev–Trinajstić information content (AvgIpc) is 2.79. The normalized spacial score (nSPS) is 21.1. The van der Waals surface area contributed by atoms with Crippen molar-refractivity contribution in [1.82, 2.24) is 4.90 Å². The van der Waals surface area contributed by atoms with E-state index in [0.717, 1.165) is 36.4 Å². The van der Waals surface area contributed by atoms with Crippen LogP contribution in [0.25, 0.3) is 0 Å². The molecule has 2 N–H and O–H groups in total. The predicted molar refractivity (Wildman–Crippen MR) is 73.5 cm³/mol. The summed E-state index contributed by atoms with van der Waals surface area (Å²) in [6.07, 6.45) is 2.90. The molecule has 1 unspecified atom stereocenters. The Bertz CT molecular complexity index is 434. The number of rotatable bonds is 3. The number of halogens is 1. The van der Waals surface area contributed by atoms with Crippen LogP contribution in [0.5, 0.6) is 0 Å². The lowest BCUT2D eigenvalue weighted by Gasteiger charge is -2.26. The number of carbonyl (C=O) groups is 1. The van der Waals surface area contributed by atoms with Crippen molar-refractivity contribution in [3.05, 3.63) is 34.9 Å². The second-order valence-electron chi connectivity index (χ2n) is 4.91. The van der Waals surface area contributed by atoms with Gasteiger partial charge in [0.15, 0.2) is 0 Å². The van der Waals surface area contributed by atoms with Crippen LogP contribution in [0.3, 0.4) is 0 Å². The fraction of sp³-hybridized carbons (Fsp3) is 0.500. The molecule has 1 saturated heterocycles. The lowest BCUT2D eigenvalue weighted by molar-refractivity contribution is -0.132. The number of nitrogens with zero attached hydrogens (tertiary/aromatic N) is 1. The van der Waals surface area contributed by atoms with Gasteiger partial charge in [0, 0.05) is 17.6 Å². The van der Waals surface area contributed by atoms with E-state index in [-0.39, 0.29) is 11.9 Å². The first-order chi connectivity index (χ1) is 8.59. The highest BCUT2D eigenvalue weighted by atomic mass is 35.5. The summed E-state index contributed by atoms with van der Waals surface area (Å²) >= 11 is 6.16. The molecule has 1 fully saturated rings. The van der Waals surface area contributed by atoms with Gasteiger partial charge in [-0.15, -0.1) is 0 Å². The van der Waals surface area contributed by atoms with Crippen LogP contribution < -0.4 is 5.73 Å². The highest BCUT2D eigenvalue weighted by Gasteiger charge is 2.30. The van der Waals surface area contributed by atoms with Crippen molar-refractivity contribution in [2.45, 2.75) is 38.3 Å². The number of amides is 1. The van der Waals surface area contributed by atoms with E-state index in [1.54, 1.807) is 6.92 Å². The zero-order chi connectivity index (χ0) is 13.1. The molecule has 0 saturated carbocycles. The molecular weight excluding hydrogens is 248 g/mol. The Kier molecular flexibility index (Phi) is 4.25. The summed E-state index contributed by atoms with van der Waals surface area (Å²) in [5.74, 6) is 0.0459. The Hall–Kier alpha value is -1.06. The molecule has 1 aliphatic heterocycles. The minimum absolute atomic E-state index is 0.0459. The van der Waals surface area contributed by atoms with E-state index in [4.69, 9.17) is 17.3 Å². The van der Waals surface area contributed by atoms with Gasteiger partial charge in [-0.25, -0.2) is 0 Å². The van der Waals surface area contributed by atoms with Gasteiger partial charge in [0.25, 0.3) is 0 Å². The molecule has 1 aromatic carbocycles. The van der Waals surface area contributed by atoms with E-state index >= 15 is 0 Å². The first-order valence-electron chi connectivity index (χ1n) is 6.39. The summed E-state index contributed by atoms with van der Waals surface area (Å²) in [6, 6.07) is 7.64. The van der Waals surface area contributed by atoms with Crippen LogP contribution in [0, 0.1) is 0 Å². The van der Waals surface area contributed by atoms with Gasteiger partial charge in [-0.05, 0) is 37.8 Å². The smallest absolute Gasteiger partial charge is 0.239 e. The SMILES string of the molecule is C[C@@H](N)C(=O)N1CCCC1Cc1ccccc1Cl. The van der Waals surface area contributed by atoms with Crippen molar-refractivity contribution in [1.29, 1.82) is 0 Å². The van der Waals surface area contributed by atoms with Crippen LogP contribution in [0.1, 0.15) is 25.3 Å². The molecule has 0 bridgehead atoms. The second-order valence-corrected chi connectivity index (χ2v) is 5.32. The van der Waals surface area contributed by atoms with Crippen LogP contribution in [-0.2, 0) is 11.2 Å². The summed E-state index contributed by atoms with van der Waals surface area (Å²) in [7, 11) is 0. The van der Waals surface area contributed by atoms with Crippen LogP contribution in [0.2, 0.25) is 5.02 Å². The number of benzene rings is 1. The Morgan fingerprint density at radius 1 is 1.56 bits per heavy atom. The topological polar surface area (TPSA) is 46.3 Å². The van der Waals surface area contributed by atoms with E-state index in [2.05, 4.69) is 0 Å². The fourth-order valence-corrected chi connectivity index (χ4v) is 2.73. The van der Waals surface area contributed by atoms with Crippen molar-refractivity contribution in [2.75, 3.05) is 6.54 Å². The van der Waals surface area contributed by atoms with E-state index in [1.165, 1.54) is 0 Å². The molecule has 2 rings (SSSR count). The van der Waals surface area contributed by atoms with Gasteiger partial charge in [-0.1, -0.05) is 29.8 Å². The maximum absolute atomic E-state index is 12.0. The summed E-state index contributed by atoms with van der Waals surface area (Å²) in [5.41, 5.74) is 6.79. The minimum Gasteiger partial charge on any atom is -0.338 e. The van der Waals surface area contributed by atoms with E-state index < -0.39 is 6.04 Å². The van der Waals surface area contributed by atoms with Gasteiger partial charge in [0.05, 0.1) is 6.04 Å². The van der Waals surface area contributed by atoms with E-state index in [1.807, 2.05) is 29.2 Å². The van der Waals surface area contributed by atoms with Crippen LogP contribution in [0.4, 0.5) is 0 Å². The summed E-state index contributed by atoms with van der Waals surface area (Å²) in [6.45, 7) is 2.56. The van der Waals surface area contributed by atoms with E-state index in [0.29, 0.717) is 0 Å². The Balaban J connectivity index is 2.09. The molecule has 4 heteroatoms. The second kappa shape index (κ2) is 5.72. The predicted octanol–water partition coefficient (Wildman–Crippen LogP) is 2.22. The molecule has 0 aromatic heterocycles. The van der Waals surface area contributed by atoms with Crippen LogP contribution in [-0.4, -0.2) is 29.4 Å². The summed E-state index contributed by atoms with van der Waals surface area (Å²) in [4.78, 5) is 13.9. The van der Waals surface area contributed by atoms with E-state index in [9.17, 15) is 4.79 Å². The Morgan fingerprint density at radius 2 is 2.28 bits per heavy atom. The van der Waals surface area contributed by atoms with Gasteiger partial charge in [0.1, 0.15) is 0 Å². The van der Waals surface area contributed by atoms with Crippen molar-refractivity contribution in [2.24, 2.45) is 5.73 Å². The van der Waals surface area contributed by atoms with Gasteiger partial charge in [-0.2, -0.15) is 0 Å². The standard InChI is InChI=1S/C14H19ClN2O/c1-10(16)14(18)17-8-4-6-12(17)9-11-5-2-3-7-13(11)15/h2-3,5,7,10,12H,4,6,8-9,16H2,1H3/t10-,12?/m1/s1. The van der Waals surface area contributed by atoms with Crippen molar-refractivity contribution < 1.29 is 4.79 Å². The molecule has 2 atom stereocenters. The van der Waals surface area contributed by atoms with Gasteiger partial charge in [0.2, 0.25) is 5.91 Å². The molecule has 1 amide bonds. The largest absolute Gasteiger partial charge is 0.338 e. The summed E-state index contributed by atoms with van der Waals surface area (Å²) in [5, 5.41) is 0.776. The van der Waals surface area contributed by atoms with Gasteiger partial charge >= 0.3 is 0 Å². The lowest BCUT2D eigenvalue weighted by Crippen LogP contribution is -2.45. The number of likely N-dealkylation sites (tertiary alicyclic amines) is 1. The Morgan fingerprint density at radius 3 is 2.94 bits per heavy atom. The minimum atomic E-state index is -0.420. The fourth-order valence-electron chi connectivity index (χ4n) is 2.52. The van der Waals surface area contributed by atoms with Crippen molar-refractivity contribution in [3.8, 4) is 0 Å². The number of carbonyl (C=O) groups excluding carboxylic acids is 1. The number of nitrogens with two attached hydrogens (primary N) is 1. The zero-order valence-corrected chi connectivity index (χ0v) is 11.4. The molecule has 18 heavy (non-hydrogen) atoms. The Labute approximate surface area is 113 Å². The monoisotopic (exact) mass is 266 g/mol. The molecule has 1 aliphatic rings. The lowest BCUT2D eigenvalue weighted by atomic mass is 10.0. The quantitative estimate of drug-likeness (QED) is 0.912. The third-order valence-electron chi connectivity index (χ3n) is 3.46. The molecule has 1 heterocycles. The van der Waals surface area contributed by atoms with Gasteiger partial charge < -0.3 is 10.6 Å². The maximum atomic E-state index is 12.0. The maximum Gasteiger partial charge on any atom is 0.239 e. The molecule has 3 nitrogen and oxygen atoms in total. The zero-order valence-electron chi connectivity index (χ0n) is 10.6. The summed E-state index contributed by atoms with van der Waals surface area (Å²) < 4.78 is 0. The van der Waals surface area contributed by atoms with Crippen LogP contribution in [0.15, 0.2) is 24.3 Å². The first-order valence-corrected chi connectivity index (χ1v) is 6.77. The molecule has 0 aliphatic carbocycles. The first kappa shape index (κ1) is 13.4. The van der Waals surface area contributed by atoms with Crippen LogP contribution >= 0.6 is 11.6 Å². The number of hydrogen-bond acceptors (Lipinski definition) is 2. The van der Waals surface area contributed by atoms with Crippen molar-refractivity contribution in [3.63, 3.8) is 0 Å². The average molecular weight is 267 g/mol. The molecule has 0 radical (unpaired) electrons.